The maximum Gasteiger partial charge on any atom is 0.0953 e. The van der Waals surface area contributed by atoms with E-state index in [1.165, 1.54) is 0 Å². The molecule has 0 fully saturated rings. The standard InChI is InChI=1S/C10H17NO2S/c1-3-13-5-4-9(12)6-10-11-8(2)7-14-10/h7,9,12H,3-6H2,1-2H3. The van der Waals surface area contributed by atoms with Crippen LogP contribution in [0.4, 0.5) is 0 Å². The van der Waals surface area contributed by atoms with Gasteiger partial charge in [0.25, 0.3) is 0 Å². The van der Waals surface area contributed by atoms with E-state index in [1.807, 2.05) is 19.2 Å². The number of nitrogens with zero attached hydrogens (tertiary/aromatic N) is 1. The molecular weight excluding hydrogens is 198 g/mol. The SMILES string of the molecule is CCOCCC(O)Cc1nc(C)cs1. The highest BCUT2D eigenvalue weighted by molar-refractivity contribution is 7.09. The lowest BCUT2D eigenvalue weighted by Gasteiger charge is -2.07. The molecule has 0 aliphatic heterocycles. The molecule has 0 aromatic carbocycles. The highest BCUT2D eigenvalue weighted by Gasteiger charge is 2.07. The van der Waals surface area contributed by atoms with E-state index >= 15 is 0 Å². The lowest BCUT2D eigenvalue weighted by Crippen LogP contribution is -2.13. The second-order valence-electron chi connectivity index (χ2n) is 3.23. The van der Waals surface area contributed by atoms with Gasteiger partial charge in [-0.15, -0.1) is 11.3 Å². The molecule has 3 nitrogen and oxygen atoms in total. The minimum atomic E-state index is -0.327. The Labute approximate surface area is 88.8 Å². The maximum atomic E-state index is 9.63. The number of thiazole rings is 1. The first kappa shape index (κ1) is 11.6. The summed E-state index contributed by atoms with van der Waals surface area (Å²) < 4.78 is 5.17. The van der Waals surface area contributed by atoms with Crippen LogP contribution in [-0.2, 0) is 11.2 Å². The predicted molar refractivity (Wildman–Crippen MR) is 57.7 cm³/mol. The minimum Gasteiger partial charge on any atom is -0.393 e. The van der Waals surface area contributed by atoms with Gasteiger partial charge in [-0.05, 0) is 20.3 Å². The summed E-state index contributed by atoms with van der Waals surface area (Å²) in [6.07, 6.45) is 1.00. The molecule has 1 aromatic heterocycles. The van der Waals surface area contributed by atoms with Crippen LogP contribution in [0.1, 0.15) is 24.0 Å². The van der Waals surface area contributed by atoms with E-state index in [0.717, 1.165) is 10.7 Å². The molecule has 1 atom stereocenters. The molecule has 0 spiro atoms. The Morgan fingerprint density at radius 2 is 2.43 bits per heavy atom. The van der Waals surface area contributed by atoms with Crippen molar-refractivity contribution >= 4 is 11.3 Å². The zero-order chi connectivity index (χ0) is 10.4. The van der Waals surface area contributed by atoms with Crippen LogP contribution >= 0.6 is 11.3 Å². The van der Waals surface area contributed by atoms with Gasteiger partial charge in [-0.2, -0.15) is 0 Å². The number of aliphatic hydroxyl groups excluding tert-OH is 1. The fraction of sp³-hybridized carbons (Fsp3) is 0.700. The number of ether oxygens (including phenoxy) is 1. The van der Waals surface area contributed by atoms with Crippen molar-refractivity contribution in [1.29, 1.82) is 0 Å². The van der Waals surface area contributed by atoms with Gasteiger partial charge in [0.05, 0.1) is 11.1 Å². The molecule has 0 saturated carbocycles. The molecule has 0 bridgehead atoms. The van der Waals surface area contributed by atoms with Crippen LogP contribution in [0.2, 0.25) is 0 Å². The van der Waals surface area contributed by atoms with Crippen LogP contribution in [0, 0.1) is 6.92 Å². The third-order valence-electron chi connectivity index (χ3n) is 1.88. The monoisotopic (exact) mass is 215 g/mol. The molecule has 0 aliphatic rings. The van der Waals surface area contributed by atoms with Crippen molar-refractivity contribution in [3.05, 3.63) is 16.1 Å². The molecule has 1 unspecified atom stereocenters. The third-order valence-corrected chi connectivity index (χ3v) is 2.87. The summed E-state index contributed by atoms with van der Waals surface area (Å²) in [6.45, 7) is 5.26. The Balaban J connectivity index is 2.23. The quantitative estimate of drug-likeness (QED) is 0.736. The van der Waals surface area contributed by atoms with Crippen LogP contribution < -0.4 is 0 Å². The third kappa shape index (κ3) is 4.17. The van der Waals surface area contributed by atoms with Gasteiger partial charge in [0, 0.05) is 30.7 Å². The molecular formula is C10H17NO2S. The molecule has 1 rings (SSSR count). The number of aromatic nitrogens is 1. The molecule has 1 aromatic rings. The fourth-order valence-corrected chi connectivity index (χ4v) is 2.01. The maximum absolute atomic E-state index is 9.63. The molecule has 0 amide bonds. The number of hydrogen-bond acceptors (Lipinski definition) is 4. The van der Waals surface area contributed by atoms with Crippen LogP contribution in [0.5, 0.6) is 0 Å². The average Bonchev–Trinajstić information content (AvgIpc) is 2.52. The normalized spacial score (nSPS) is 13.1. The zero-order valence-electron chi connectivity index (χ0n) is 8.69. The highest BCUT2D eigenvalue weighted by Crippen LogP contribution is 2.12. The number of aliphatic hydroxyl groups is 1. The second kappa shape index (κ2) is 6.11. The summed E-state index contributed by atoms with van der Waals surface area (Å²) in [6, 6.07) is 0. The second-order valence-corrected chi connectivity index (χ2v) is 4.17. The highest BCUT2D eigenvalue weighted by atomic mass is 32.1. The van der Waals surface area contributed by atoms with Crippen molar-refractivity contribution in [2.45, 2.75) is 32.8 Å². The van der Waals surface area contributed by atoms with Crippen molar-refractivity contribution in [3.8, 4) is 0 Å². The Hall–Kier alpha value is -0.450. The molecule has 80 valence electrons. The lowest BCUT2D eigenvalue weighted by molar-refractivity contribution is 0.0887. The summed E-state index contributed by atoms with van der Waals surface area (Å²) >= 11 is 1.61. The van der Waals surface area contributed by atoms with Gasteiger partial charge in [0.1, 0.15) is 0 Å². The Morgan fingerprint density at radius 1 is 1.64 bits per heavy atom. The minimum absolute atomic E-state index is 0.327. The fourth-order valence-electron chi connectivity index (χ4n) is 1.16. The van der Waals surface area contributed by atoms with Crippen molar-refractivity contribution in [3.63, 3.8) is 0 Å². The van der Waals surface area contributed by atoms with Gasteiger partial charge in [0.2, 0.25) is 0 Å². The first-order chi connectivity index (χ1) is 6.72. The summed E-state index contributed by atoms with van der Waals surface area (Å²) in [5, 5.41) is 12.6. The van der Waals surface area contributed by atoms with E-state index in [4.69, 9.17) is 4.74 Å². The number of hydrogen-bond donors (Lipinski definition) is 1. The van der Waals surface area contributed by atoms with Crippen molar-refractivity contribution in [1.82, 2.24) is 4.98 Å². The summed E-state index contributed by atoms with van der Waals surface area (Å²) in [4.78, 5) is 4.30. The predicted octanol–water partition coefficient (Wildman–Crippen LogP) is 1.78. The van der Waals surface area contributed by atoms with Gasteiger partial charge in [-0.3, -0.25) is 0 Å². The smallest absolute Gasteiger partial charge is 0.0953 e. The molecule has 1 heterocycles. The molecule has 0 radical (unpaired) electrons. The molecule has 1 N–H and O–H groups in total. The van der Waals surface area contributed by atoms with Crippen molar-refractivity contribution in [2.75, 3.05) is 13.2 Å². The van der Waals surface area contributed by atoms with E-state index in [0.29, 0.717) is 26.1 Å². The lowest BCUT2D eigenvalue weighted by atomic mass is 10.2. The molecule has 0 saturated heterocycles. The van der Waals surface area contributed by atoms with Gasteiger partial charge in [-0.1, -0.05) is 0 Å². The Kier molecular flexibility index (Phi) is 5.07. The number of rotatable bonds is 6. The summed E-state index contributed by atoms with van der Waals surface area (Å²) in [5.74, 6) is 0. The Morgan fingerprint density at radius 3 is 3.00 bits per heavy atom. The van der Waals surface area contributed by atoms with Gasteiger partial charge >= 0.3 is 0 Å². The van der Waals surface area contributed by atoms with E-state index < -0.39 is 0 Å². The first-order valence-electron chi connectivity index (χ1n) is 4.89. The van der Waals surface area contributed by atoms with Crippen molar-refractivity contribution < 1.29 is 9.84 Å². The first-order valence-corrected chi connectivity index (χ1v) is 5.77. The van der Waals surface area contributed by atoms with Crippen LogP contribution in [-0.4, -0.2) is 29.4 Å². The van der Waals surface area contributed by atoms with E-state index in [2.05, 4.69) is 4.98 Å². The van der Waals surface area contributed by atoms with Crippen LogP contribution in [0.3, 0.4) is 0 Å². The zero-order valence-corrected chi connectivity index (χ0v) is 9.51. The van der Waals surface area contributed by atoms with Gasteiger partial charge in [0.15, 0.2) is 0 Å². The molecule has 14 heavy (non-hydrogen) atoms. The summed E-state index contributed by atoms with van der Waals surface area (Å²) in [7, 11) is 0. The van der Waals surface area contributed by atoms with Gasteiger partial charge < -0.3 is 9.84 Å². The van der Waals surface area contributed by atoms with Crippen molar-refractivity contribution in [2.24, 2.45) is 0 Å². The van der Waals surface area contributed by atoms with Crippen LogP contribution in [0.25, 0.3) is 0 Å². The Bertz CT molecular complexity index is 262. The topological polar surface area (TPSA) is 42.4 Å². The average molecular weight is 215 g/mol. The molecule has 0 aliphatic carbocycles. The van der Waals surface area contributed by atoms with E-state index in [1.54, 1.807) is 11.3 Å². The largest absolute Gasteiger partial charge is 0.393 e. The van der Waals surface area contributed by atoms with E-state index in [-0.39, 0.29) is 6.10 Å². The van der Waals surface area contributed by atoms with E-state index in [9.17, 15) is 5.11 Å². The molecule has 4 heteroatoms. The summed E-state index contributed by atoms with van der Waals surface area (Å²) in [5.41, 5.74) is 1.03. The van der Waals surface area contributed by atoms with Crippen LogP contribution in [0.15, 0.2) is 5.38 Å². The number of aryl methyl sites for hydroxylation is 1. The van der Waals surface area contributed by atoms with Gasteiger partial charge in [-0.25, -0.2) is 4.98 Å².